The van der Waals surface area contributed by atoms with Gasteiger partial charge in [0.1, 0.15) is 11.3 Å². The summed E-state index contributed by atoms with van der Waals surface area (Å²) in [4.78, 5) is 22.5. The van der Waals surface area contributed by atoms with Crippen LogP contribution >= 0.6 is 0 Å². The van der Waals surface area contributed by atoms with E-state index in [1.165, 1.54) is 5.56 Å². The Hall–Kier alpha value is -2.86. The van der Waals surface area contributed by atoms with E-state index in [1.807, 2.05) is 35.2 Å². The Balaban J connectivity index is 1.58. The number of rotatable bonds is 3. The van der Waals surface area contributed by atoms with Crippen LogP contribution in [0, 0.1) is 0 Å². The summed E-state index contributed by atoms with van der Waals surface area (Å²) >= 11 is 0. The van der Waals surface area contributed by atoms with E-state index in [4.69, 9.17) is 4.74 Å². The number of hydrogen-bond donors (Lipinski definition) is 2. The summed E-state index contributed by atoms with van der Waals surface area (Å²) in [6.45, 7) is 2.28. The number of ether oxygens (including phenoxy) is 1. The quantitative estimate of drug-likeness (QED) is 0.762. The number of fused-ring (bicyclic) bond motifs is 1. The van der Waals surface area contributed by atoms with Gasteiger partial charge in [-0.1, -0.05) is 30.3 Å². The molecule has 1 amide bonds. The largest absolute Gasteiger partial charge is 0.481 e. The summed E-state index contributed by atoms with van der Waals surface area (Å²) in [5.41, 5.74) is 2.44. The predicted octanol–water partition coefficient (Wildman–Crippen LogP) is 2.75. The van der Waals surface area contributed by atoms with Gasteiger partial charge in [0, 0.05) is 30.6 Å². The average molecular weight is 350 g/mol. The van der Waals surface area contributed by atoms with Gasteiger partial charge in [0.2, 0.25) is 5.88 Å². The van der Waals surface area contributed by atoms with Gasteiger partial charge in [-0.15, -0.1) is 0 Å². The molecule has 0 bridgehead atoms. The summed E-state index contributed by atoms with van der Waals surface area (Å²) in [6, 6.07) is 16.0. The van der Waals surface area contributed by atoms with Gasteiger partial charge in [0.15, 0.2) is 0 Å². The SMILES string of the molecule is COc1ccc2cc(C(=O)N3CCCNC(c4ccccc4)C3)[nH]c2n1. The van der Waals surface area contributed by atoms with E-state index < -0.39 is 0 Å². The molecule has 6 heteroatoms. The number of aromatic amines is 1. The molecular formula is C20H22N4O2. The van der Waals surface area contributed by atoms with Crippen molar-refractivity contribution in [2.75, 3.05) is 26.7 Å². The Morgan fingerprint density at radius 3 is 2.88 bits per heavy atom. The zero-order chi connectivity index (χ0) is 17.9. The van der Waals surface area contributed by atoms with Crippen molar-refractivity contribution >= 4 is 16.9 Å². The fraction of sp³-hybridized carbons (Fsp3) is 0.300. The number of pyridine rings is 1. The molecule has 0 radical (unpaired) electrons. The summed E-state index contributed by atoms with van der Waals surface area (Å²) in [7, 11) is 1.58. The van der Waals surface area contributed by atoms with Gasteiger partial charge in [-0.25, -0.2) is 0 Å². The van der Waals surface area contributed by atoms with Crippen LogP contribution < -0.4 is 10.1 Å². The van der Waals surface area contributed by atoms with Crippen LogP contribution in [0.25, 0.3) is 11.0 Å². The van der Waals surface area contributed by atoms with Crippen molar-refractivity contribution in [3.8, 4) is 5.88 Å². The molecule has 26 heavy (non-hydrogen) atoms. The molecule has 1 aromatic carbocycles. The van der Waals surface area contributed by atoms with E-state index in [1.54, 1.807) is 13.2 Å². The highest BCUT2D eigenvalue weighted by atomic mass is 16.5. The molecule has 1 aliphatic heterocycles. The number of carbonyl (C=O) groups is 1. The number of methoxy groups -OCH3 is 1. The van der Waals surface area contributed by atoms with E-state index in [9.17, 15) is 4.79 Å². The summed E-state index contributed by atoms with van der Waals surface area (Å²) in [6.07, 6.45) is 0.932. The van der Waals surface area contributed by atoms with E-state index in [2.05, 4.69) is 27.4 Å². The lowest BCUT2D eigenvalue weighted by Gasteiger charge is -2.24. The molecule has 0 aliphatic carbocycles. The zero-order valence-corrected chi connectivity index (χ0v) is 14.7. The van der Waals surface area contributed by atoms with Crippen LogP contribution in [-0.4, -0.2) is 47.5 Å². The van der Waals surface area contributed by atoms with Crippen molar-refractivity contribution in [2.45, 2.75) is 12.5 Å². The van der Waals surface area contributed by atoms with Gasteiger partial charge in [-0.3, -0.25) is 4.79 Å². The van der Waals surface area contributed by atoms with Crippen molar-refractivity contribution in [2.24, 2.45) is 0 Å². The van der Waals surface area contributed by atoms with E-state index in [0.29, 0.717) is 23.8 Å². The monoisotopic (exact) mass is 350 g/mol. The first-order chi connectivity index (χ1) is 12.7. The molecule has 6 nitrogen and oxygen atoms in total. The molecule has 3 heterocycles. The second kappa shape index (κ2) is 7.17. The van der Waals surface area contributed by atoms with Crippen LogP contribution in [0.5, 0.6) is 5.88 Å². The van der Waals surface area contributed by atoms with Gasteiger partial charge >= 0.3 is 0 Å². The molecule has 0 spiro atoms. The lowest BCUT2D eigenvalue weighted by molar-refractivity contribution is 0.0748. The van der Waals surface area contributed by atoms with Crippen molar-refractivity contribution in [3.05, 3.63) is 59.8 Å². The lowest BCUT2D eigenvalue weighted by atomic mass is 10.1. The maximum absolute atomic E-state index is 13.1. The van der Waals surface area contributed by atoms with Gasteiger partial charge in [0.25, 0.3) is 5.91 Å². The number of H-pyrrole nitrogens is 1. The van der Waals surface area contributed by atoms with Gasteiger partial charge in [0.05, 0.1) is 7.11 Å². The fourth-order valence-electron chi connectivity index (χ4n) is 3.40. The smallest absolute Gasteiger partial charge is 0.270 e. The molecule has 1 fully saturated rings. The van der Waals surface area contributed by atoms with Crippen LogP contribution in [0.3, 0.4) is 0 Å². The molecule has 3 aromatic rings. The first-order valence-electron chi connectivity index (χ1n) is 8.86. The molecule has 2 N–H and O–H groups in total. The standard InChI is InChI=1S/C20H22N4O2/c1-26-18-9-8-15-12-16(22-19(15)23-18)20(25)24-11-5-10-21-17(13-24)14-6-3-2-4-7-14/h2-4,6-9,12,17,21H,5,10-11,13H2,1H3,(H,22,23). The van der Waals surface area contributed by atoms with E-state index in [-0.39, 0.29) is 11.9 Å². The van der Waals surface area contributed by atoms with Crippen LogP contribution in [0.2, 0.25) is 0 Å². The Kier molecular flexibility index (Phi) is 4.58. The lowest BCUT2D eigenvalue weighted by Crippen LogP contribution is -2.36. The zero-order valence-electron chi connectivity index (χ0n) is 14.7. The maximum Gasteiger partial charge on any atom is 0.270 e. The molecule has 0 saturated carbocycles. The minimum absolute atomic E-state index is 0.00611. The number of aromatic nitrogens is 2. The fourth-order valence-corrected chi connectivity index (χ4v) is 3.40. The number of nitrogens with one attached hydrogen (secondary N) is 2. The third kappa shape index (κ3) is 3.28. The van der Waals surface area contributed by atoms with Crippen molar-refractivity contribution in [1.82, 2.24) is 20.2 Å². The molecular weight excluding hydrogens is 328 g/mol. The Morgan fingerprint density at radius 1 is 1.23 bits per heavy atom. The first kappa shape index (κ1) is 16.6. The molecule has 1 saturated heterocycles. The third-order valence-electron chi connectivity index (χ3n) is 4.78. The van der Waals surface area contributed by atoms with Crippen molar-refractivity contribution in [1.29, 1.82) is 0 Å². The minimum atomic E-state index is 0.00611. The normalized spacial score (nSPS) is 17.9. The number of carbonyl (C=O) groups excluding carboxylic acids is 1. The number of hydrogen-bond acceptors (Lipinski definition) is 4. The molecule has 1 unspecified atom stereocenters. The van der Waals surface area contributed by atoms with Crippen LogP contribution in [0.1, 0.15) is 28.5 Å². The Labute approximate surface area is 152 Å². The Bertz CT molecular complexity index is 907. The van der Waals surface area contributed by atoms with Gasteiger partial charge in [-0.2, -0.15) is 4.98 Å². The van der Waals surface area contributed by atoms with Crippen molar-refractivity contribution in [3.63, 3.8) is 0 Å². The highest BCUT2D eigenvalue weighted by Gasteiger charge is 2.24. The number of amides is 1. The molecule has 1 atom stereocenters. The second-order valence-corrected chi connectivity index (χ2v) is 6.50. The summed E-state index contributed by atoms with van der Waals surface area (Å²) < 4.78 is 5.15. The maximum atomic E-state index is 13.1. The van der Waals surface area contributed by atoms with Crippen molar-refractivity contribution < 1.29 is 9.53 Å². The highest BCUT2D eigenvalue weighted by molar-refractivity contribution is 5.97. The summed E-state index contributed by atoms with van der Waals surface area (Å²) in [5.74, 6) is 0.535. The summed E-state index contributed by atoms with van der Waals surface area (Å²) in [5, 5.41) is 4.45. The minimum Gasteiger partial charge on any atom is -0.481 e. The average Bonchev–Trinajstić information content (AvgIpc) is 2.96. The predicted molar refractivity (Wildman–Crippen MR) is 100 cm³/mol. The molecule has 134 valence electrons. The number of benzene rings is 1. The third-order valence-corrected chi connectivity index (χ3v) is 4.78. The second-order valence-electron chi connectivity index (χ2n) is 6.50. The van der Waals surface area contributed by atoms with Crippen LogP contribution in [-0.2, 0) is 0 Å². The Morgan fingerprint density at radius 2 is 2.08 bits per heavy atom. The highest BCUT2D eigenvalue weighted by Crippen LogP contribution is 2.21. The first-order valence-corrected chi connectivity index (χ1v) is 8.86. The van der Waals surface area contributed by atoms with E-state index in [0.717, 1.165) is 24.9 Å². The molecule has 1 aliphatic rings. The van der Waals surface area contributed by atoms with Gasteiger partial charge < -0.3 is 19.9 Å². The van der Waals surface area contributed by atoms with Gasteiger partial charge in [-0.05, 0) is 30.7 Å². The van der Waals surface area contributed by atoms with Crippen LogP contribution in [0.15, 0.2) is 48.5 Å². The number of nitrogens with zero attached hydrogens (tertiary/aromatic N) is 2. The van der Waals surface area contributed by atoms with Crippen LogP contribution in [0.4, 0.5) is 0 Å². The topological polar surface area (TPSA) is 70.2 Å². The van der Waals surface area contributed by atoms with E-state index >= 15 is 0 Å². The molecule has 4 rings (SSSR count). The molecule has 2 aromatic heterocycles.